The van der Waals surface area contributed by atoms with E-state index in [0.29, 0.717) is 6.42 Å². The topological polar surface area (TPSA) is 75.6 Å². The van der Waals surface area contributed by atoms with E-state index < -0.39 is 18.1 Å². The number of aliphatic carboxylic acids is 1. The van der Waals surface area contributed by atoms with Crippen LogP contribution in [0.3, 0.4) is 0 Å². The number of unbranched alkanes of at least 4 members (excludes halogenated alkanes) is 7. The molecule has 0 heterocycles. The standard InChI is InChI=1S/C20H31NO4/c1-2-3-4-5-6-7-8-12-15-18(19(22)23)21-20(24)25-16-17-13-10-9-11-14-17/h9-11,13-14,18H,2-8,12,15-16H2,1H3,(H,21,24)(H,22,23)/t18-/m0/s1. The van der Waals surface area contributed by atoms with Gasteiger partial charge in [0.15, 0.2) is 0 Å². The van der Waals surface area contributed by atoms with E-state index in [0.717, 1.165) is 24.8 Å². The van der Waals surface area contributed by atoms with Crippen LogP contribution in [-0.4, -0.2) is 23.2 Å². The summed E-state index contributed by atoms with van der Waals surface area (Å²) in [6.07, 6.45) is 8.92. The first-order valence-corrected chi connectivity index (χ1v) is 9.33. The largest absolute Gasteiger partial charge is 0.480 e. The van der Waals surface area contributed by atoms with Crippen LogP contribution in [0.1, 0.15) is 70.3 Å². The van der Waals surface area contributed by atoms with Gasteiger partial charge in [0.1, 0.15) is 12.6 Å². The molecule has 1 rings (SSSR count). The van der Waals surface area contributed by atoms with Gasteiger partial charge in [-0.1, -0.05) is 88.6 Å². The van der Waals surface area contributed by atoms with Gasteiger partial charge in [-0.15, -0.1) is 0 Å². The van der Waals surface area contributed by atoms with E-state index in [1.54, 1.807) is 0 Å². The van der Waals surface area contributed by atoms with Crippen LogP contribution in [0, 0.1) is 0 Å². The second-order valence-electron chi connectivity index (χ2n) is 6.36. The molecule has 0 aliphatic heterocycles. The second-order valence-corrected chi connectivity index (χ2v) is 6.36. The van der Waals surface area contributed by atoms with E-state index in [1.807, 2.05) is 30.3 Å². The zero-order valence-electron chi connectivity index (χ0n) is 15.2. The molecule has 0 saturated heterocycles. The SMILES string of the molecule is CCCCCCCCCC[C@H](NC(=O)OCc1ccccc1)C(=O)O. The van der Waals surface area contributed by atoms with E-state index in [9.17, 15) is 14.7 Å². The summed E-state index contributed by atoms with van der Waals surface area (Å²) in [4.78, 5) is 23.0. The van der Waals surface area contributed by atoms with Crippen molar-refractivity contribution in [2.75, 3.05) is 0 Å². The molecule has 1 amide bonds. The highest BCUT2D eigenvalue weighted by Crippen LogP contribution is 2.11. The van der Waals surface area contributed by atoms with E-state index in [-0.39, 0.29) is 6.61 Å². The maximum atomic E-state index is 11.8. The Morgan fingerprint density at radius 3 is 2.20 bits per heavy atom. The molecule has 2 N–H and O–H groups in total. The van der Waals surface area contributed by atoms with Crippen molar-refractivity contribution in [2.45, 2.75) is 77.4 Å². The average Bonchev–Trinajstić information content (AvgIpc) is 2.62. The van der Waals surface area contributed by atoms with Gasteiger partial charge in [-0.2, -0.15) is 0 Å². The summed E-state index contributed by atoms with van der Waals surface area (Å²) in [5.41, 5.74) is 0.868. The minimum atomic E-state index is -1.01. The predicted molar refractivity (Wildman–Crippen MR) is 98.4 cm³/mol. The quantitative estimate of drug-likeness (QED) is 0.497. The lowest BCUT2D eigenvalue weighted by Gasteiger charge is -2.14. The molecule has 0 saturated carbocycles. The molecule has 5 heteroatoms. The lowest BCUT2D eigenvalue weighted by molar-refractivity contribution is -0.139. The molecule has 1 aromatic rings. The molecule has 0 bridgehead atoms. The van der Waals surface area contributed by atoms with Gasteiger partial charge in [0, 0.05) is 0 Å². The predicted octanol–water partition coefficient (Wildman–Crippen LogP) is 4.90. The molecule has 0 radical (unpaired) electrons. The number of nitrogens with one attached hydrogen (secondary N) is 1. The zero-order chi connectivity index (χ0) is 18.3. The molecule has 0 aliphatic carbocycles. The Morgan fingerprint density at radius 2 is 1.60 bits per heavy atom. The third-order valence-electron chi connectivity index (χ3n) is 4.15. The molecule has 0 aromatic heterocycles. The van der Waals surface area contributed by atoms with Crippen LogP contribution in [-0.2, 0) is 16.1 Å². The number of carbonyl (C=O) groups excluding carboxylic acids is 1. The maximum absolute atomic E-state index is 11.8. The van der Waals surface area contributed by atoms with Crippen molar-refractivity contribution in [3.8, 4) is 0 Å². The summed E-state index contributed by atoms with van der Waals surface area (Å²) in [5, 5.41) is 11.7. The third kappa shape index (κ3) is 10.4. The van der Waals surface area contributed by atoms with Gasteiger partial charge in [-0.05, 0) is 12.0 Å². The van der Waals surface area contributed by atoms with Gasteiger partial charge < -0.3 is 15.2 Å². The van der Waals surface area contributed by atoms with Crippen molar-refractivity contribution in [3.63, 3.8) is 0 Å². The molecule has 0 unspecified atom stereocenters. The zero-order valence-corrected chi connectivity index (χ0v) is 15.2. The van der Waals surface area contributed by atoms with Crippen LogP contribution in [0.4, 0.5) is 4.79 Å². The Morgan fingerprint density at radius 1 is 1.00 bits per heavy atom. The number of carboxylic acid groups (broad SMARTS) is 1. The normalized spacial score (nSPS) is 11.7. The molecule has 0 fully saturated rings. The van der Waals surface area contributed by atoms with Crippen LogP contribution >= 0.6 is 0 Å². The van der Waals surface area contributed by atoms with Crippen LogP contribution in [0.2, 0.25) is 0 Å². The maximum Gasteiger partial charge on any atom is 0.408 e. The minimum Gasteiger partial charge on any atom is -0.480 e. The van der Waals surface area contributed by atoms with E-state index in [2.05, 4.69) is 12.2 Å². The molecule has 140 valence electrons. The highest BCUT2D eigenvalue weighted by molar-refractivity contribution is 5.79. The fourth-order valence-electron chi connectivity index (χ4n) is 2.65. The highest BCUT2D eigenvalue weighted by Gasteiger charge is 2.20. The van der Waals surface area contributed by atoms with E-state index >= 15 is 0 Å². The number of rotatable bonds is 13. The first-order valence-electron chi connectivity index (χ1n) is 9.33. The number of ether oxygens (including phenoxy) is 1. The summed E-state index contributed by atoms with van der Waals surface area (Å²) >= 11 is 0. The summed E-state index contributed by atoms with van der Waals surface area (Å²) < 4.78 is 5.08. The van der Waals surface area contributed by atoms with Crippen molar-refractivity contribution < 1.29 is 19.4 Å². The first-order chi connectivity index (χ1) is 12.1. The number of hydrogen-bond donors (Lipinski definition) is 2. The van der Waals surface area contributed by atoms with Gasteiger partial charge in [0.2, 0.25) is 0 Å². The lowest BCUT2D eigenvalue weighted by atomic mass is 10.0. The van der Waals surface area contributed by atoms with Crippen molar-refractivity contribution in [1.82, 2.24) is 5.32 Å². The lowest BCUT2D eigenvalue weighted by Crippen LogP contribution is -2.40. The number of alkyl carbamates (subject to hydrolysis) is 1. The Balaban J connectivity index is 2.18. The van der Waals surface area contributed by atoms with Crippen LogP contribution in [0.5, 0.6) is 0 Å². The number of benzene rings is 1. The summed E-state index contributed by atoms with van der Waals surface area (Å²) in [7, 11) is 0. The Hall–Kier alpha value is -2.04. The van der Waals surface area contributed by atoms with Gasteiger partial charge in [0.05, 0.1) is 0 Å². The van der Waals surface area contributed by atoms with Crippen LogP contribution in [0.15, 0.2) is 30.3 Å². The molecule has 1 aromatic carbocycles. The monoisotopic (exact) mass is 349 g/mol. The summed E-state index contributed by atoms with van der Waals surface area (Å²) in [5.74, 6) is -1.01. The van der Waals surface area contributed by atoms with E-state index in [4.69, 9.17) is 4.74 Å². The number of carbonyl (C=O) groups is 2. The minimum absolute atomic E-state index is 0.136. The number of hydrogen-bond acceptors (Lipinski definition) is 3. The van der Waals surface area contributed by atoms with Gasteiger partial charge in [0.25, 0.3) is 0 Å². The summed E-state index contributed by atoms with van der Waals surface area (Å²) in [6.45, 7) is 2.33. The Kier molecular flexibility index (Phi) is 11.2. The Bertz CT molecular complexity index is 490. The van der Waals surface area contributed by atoms with Crippen LogP contribution < -0.4 is 5.32 Å². The fraction of sp³-hybridized carbons (Fsp3) is 0.600. The molecule has 5 nitrogen and oxygen atoms in total. The second kappa shape index (κ2) is 13.3. The fourth-order valence-corrected chi connectivity index (χ4v) is 2.65. The van der Waals surface area contributed by atoms with Crippen molar-refractivity contribution >= 4 is 12.1 Å². The van der Waals surface area contributed by atoms with Gasteiger partial charge in [-0.3, -0.25) is 0 Å². The van der Waals surface area contributed by atoms with Crippen molar-refractivity contribution in [3.05, 3.63) is 35.9 Å². The average molecular weight is 349 g/mol. The molecule has 25 heavy (non-hydrogen) atoms. The molecular formula is C20H31NO4. The smallest absolute Gasteiger partial charge is 0.408 e. The molecule has 0 spiro atoms. The molecule has 1 atom stereocenters. The van der Waals surface area contributed by atoms with Crippen LogP contribution in [0.25, 0.3) is 0 Å². The van der Waals surface area contributed by atoms with Gasteiger partial charge in [-0.25, -0.2) is 9.59 Å². The number of amides is 1. The summed E-state index contributed by atoms with van der Waals surface area (Å²) in [6, 6.07) is 8.42. The number of carboxylic acids is 1. The van der Waals surface area contributed by atoms with Crippen molar-refractivity contribution in [1.29, 1.82) is 0 Å². The van der Waals surface area contributed by atoms with Gasteiger partial charge >= 0.3 is 12.1 Å². The first kappa shape index (κ1) is 21.0. The van der Waals surface area contributed by atoms with E-state index in [1.165, 1.54) is 32.1 Å². The third-order valence-corrected chi connectivity index (χ3v) is 4.15. The Labute approximate surface area is 150 Å². The van der Waals surface area contributed by atoms with Crippen molar-refractivity contribution in [2.24, 2.45) is 0 Å². The molecule has 0 aliphatic rings. The molecular weight excluding hydrogens is 318 g/mol. The highest BCUT2D eigenvalue weighted by atomic mass is 16.5.